The Morgan fingerprint density at radius 2 is 2.24 bits per heavy atom. The van der Waals surface area contributed by atoms with Crippen molar-refractivity contribution in [1.82, 2.24) is 9.97 Å². The van der Waals surface area contributed by atoms with Crippen LogP contribution in [0.15, 0.2) is 12.4 Å². The van der Waals surface area contributed by atoms with E-state index in [9.17, 15) is 4.79 Å². The lowest BCUT2D eigenvalue weighted by Gasteiger charge is -2.20. The number of aliphatic carboxylic acids is 1. The maximum Gasteiger partial charge on any atom is 0.305 e. The second kappa shape index (κ2) is 5.80. The average molecular weight is 234 g/mol. The van der Waals surface area contributed by atoms with Crippen molar-refractivity contribution in [3.8, 4) is 6.07 Å². The van der Waals surface area contributed by atoms with Crippen LogP contribution in [0, 0.1) is 17.2 Å². The number of carboxylic acid groups (broad SMARTS) is 1. The topological polar surface area (TPSA) is 98.9 Å². The van der Waals surface area contributed by atoms with Gasteiger partial charge in [0.05, 0.1) is 18.8 Å². The lowest BCUT2D eigenvalue weighted by Crippen LogP contribution is -2.29. The molecule has 0 bridgehead atoms. The number of rotatable bonds is 5. The summed E-state index contributed by atoms with van der Waals surface area (Å²) in [7, 11) is 0. The fourth-order valence-corrected chi connectivity index (χ4v) is 1.29. The summed E-state index contributed by atoms with van der Waals surface area (Å²) in [6.45, 7) is 3.86. The van der Waals surface area contributed by atoms with Gasteiger partial charge in [-0.1, -0.05) is 13.8 Å². The minimum atomic E-state index is -0.863. The molecule has 0 aliphatic heterocycles. The maximum absolute atomic E-state index is 10.7. The van der Waals surface area contributed by atoms with Crippen LogP contribution in [0.25, 0.3) is 0 Å². The van der Waals surface area contributed by atoms with Crippen molar-refractivity contribution in [3.63, 3.8) is 0 Å². The van der Waals surface area contributed by atoms with Gasteiger partial charge in [-0.2, -0.15) is 5.26 Å². The average Bonchev–Trinajstić information content (AvgIpc) is 2.28. The summed E-state index contributed by atoms with van der Waals surface area (Å²) < 4.78 is 0. The van der Waals surface area contributed by atoms with Crippen LogP contribution in [0.3, 0.4) is 0 Å². The van der Waals surface area contributed by atoms with Crippen molar-refractivity contribution in [2.24, 2.45) is 5.92 Å². The first kappa shape index (κ1) is 12.9. The third kappa shape index (κ3) is 4.07. The molecule has 1 atom stereocenters. The van der Waals surface area contributed by atoms with E-state index >= 15 is 0 Å². The first-order valence-corrected chi connectivity index (χ1v) is 5.23. The minimum absolute atomic E-state index is 0.0132. The molecular weight excluding hydrogens is 220 g/mol. The van der Waals surface area contributed by atoms with Crippen molar-refractivity contribution in [2.45, 2.75) is 26.3 Å². The van der Waals surface area contributed by atoms with Crippen molar-refractivity contribution in [3.05, 3.63) is 18.1 Å². The largest absolute Gasteiger partial charge is 0.481 e. The zero-order valence-electron chi connectivity index (χ0n) is 9.71. The Bertz CT molecular complexity index is 422. The van der Waals surface area contributed by atoms with Crippen LogP contribution in [-0.4, -0.2) is 27.1 Å². The van der Waals surface area contributed by atoms with Gasteiger partial charge in [-0.3, -0.25) is 4.79 Å². The molecule has 0 saturated heterocycles. The van der Waals surface area contributed by atoms with E-state index in [4.69, 9.17) is 10.4 Å². The van der Waals surface area contributed by atoms with Crippen molar-refractivity contribution in [2.75, 3.05) is 5.32 Å². The van der Waals surface area contributed by atoms with Crippen LogP contribution >= 0.6 is 0 Å². The molecular formula is C11H14N4O2. The van der Waals surface area contributed by atoms with Crippen LogP contribution in [0.2, 0.25) is 0 Å². The molecule has 1 aromatic rings. The molecule has 90 valence electrons. The number of anilines is 1. The normalized spacial score (nSPS) is 11.9. The van der Waals surface area contributed by atoms with Crippen LogP contribution < -0.4 is 5.32 Å². The number of carbonyl (C=O) groups is 1. The molecule has 0 aromatic carbocycles. The van der Waals surface area contributed by atoms with Crippen LogP contribution in [-0.2, 0) is 4.79 Å². The summed E-state index contributed by atoms with van der Waals surface area (Å²) >= 11 is 0. The smallest absolute Gasteiger partial charge is 0.305 e. The molecule has 2 N–H and O–H groups in total. The first-order chi connectivity index (χ1) is 8.02. The second-order valence-corrected chi connectivity index (χ2v) is 3.99. The lowest BCUT2D eigenvalue weighted by atomic mass is 10.0. The molecule has 1 aromatic heterocycles. The van der Waals surface area contributed by atoms with Crippen LogP contribution in [0.1, 0.15) is 26.0 Å². The van der Waals surface area contributed by atoms with Gasteiger partial charge in [-0.25, -0.2) is 9.97 Å². The standard InChI is InChI=1S/C11H14N4O2/c1-7(2)9(3-11(16)17)15-10-6-13-8(4-12)5-14-10/h5-7,9H,3H2,1-2H3,(H,14,15)(H,16,17). The van der Waals surface area contributed by atoms with E-state index in [-0.39, 0.29) is 24.1 Å². The molecule has 17 heavy (non-hydrogen) atoms. The van der Waals surface area contributed by atoms with Gasteiger partial charge in [-0.05, 0) is 5.92 Å². The fourth-order valence-electron chi connectivity index (χ4n) is 1.29. The quantitative estimate of drug-likeness (QED) is 0.795. The van der Waals surface area contributed by atoms with E-state index in [0.29, 0.717) is 5.82 Å². The van der Waals surface area contributed by atoms with Gasteiger partial charge in [0, 0.05) is 6.04 Å². The summed E-state index contributed by atoms with van der Waals surface area (Å²) in [6, 6.07) is 1.65. The molecule has 0 spiro atoms. The number of nitrogens with one attached hydrogen (secondary N) is 1. The SMILES string of the molecule is CC(C)C(CC(=O)O)Nc1cnc(C#N)cn1. The van der Waals surface area contributed by atoms with E-state index < -0.39 is 5.97 Å². The van der Waals surface area contributed by atoms with Gasteiger partial charge >= 0.3 is 5.97 Å². The highest BCUT2D eigenvalue weighted by Gasteiger charge is 2.17. The van der Waals surface area contributed by atoms with Gasteiger partial charge in [0.25, 0.3) is 0 Å². The maximum atomic E-state index is 10.7. The third-order valence-electron chi connectivity index (χ3n) is 2.30. The number of nitrogens with zero attached hydrogens (tertiary/aromatic N) is 3. The molecule has 0 saturated carbocycles. The Hall–Kier alpha value is -2.16. The monoisotopic (exact) mass is 234 g/mol. The number of carboxylic acids is 1. The molecule has 0 aliphatic carbocycles. The molecule has 1 rings (SSSR count). The summed E-state index contributed by atoms with van der Waals surface area (Å²) in [5, 5.41) is 20.3. The van der Waals surface area contributed by atoms with E-state index in [1.54, 1.807) is 0 Å². The molecule has 0 aliphatic rings. The molecule has 0 fully saturated rings. The predicted molar refractivity (Wildman–Crippen MR) is 61.2 cm³/mol. The zero-order chi connectivity index (χ0) is 12.8. The fraction of sp³-hybridized carbons (Fsp3) is 0.455. The number of hydrogen-bond donors (Lipinski definition) is 2. The van der Waals surface area contributed by atoms with Gasteiger partial charge in [0.15, 0.2) is 5.69 Å². The second-order valence-electron chi connectivity index (χ2n) is 3.99. The third-order valence-corrected chi connectivity index (χ3v) is 2.30. The predicted octanol–water partition coefficient (Wildman–Crippen LogP) is 1.26. The number of nitriles is 1. The highest BCUT2D eigenvalue weighted by molar-refractivity contribution is 5.68. The highest BCUT2D eigenvalue weighted by atomic mass is 16.4. The summed E-state index contributed by atoms with van der Waals surface area (Å²) in [5.41, 5.74) is 0.231. The molecule has 1 heterocycles. The van der Waals surface area contributed by atoms with Crippen LogP contribution in [0.4, 0.5) is 5.82 Å². The molecule has 0 radical (unpaired) electrons. The Morgan fingerprint density at radius 3 is 2.65 bits per heavy atom. The molecule has 6 nitrogen and oxygen atoms in total. The number of hydrogen-bond acceptors (Lipinski definition) is 5. The van der Waals surface area contributed by atoms with Crippen molar-refractivity contribution >= 4 is 11.8 Å². The zero-order valence-corrected chi connectivity index (χ0v) is 9.71. The lowest BCUT2D eigenvalue weighted by molar-refractivity contribution is -0.137. The number of aromatic nitrogens is 2. The first-order valence-electron chi connectivity index (χ1n) is 5.23. The van der Waals surface area contributed by atoms with Crippen LogP contribution in [0.5, 0.6) is 0 Å². The van der Waals surface area contributed by atoms with E-state index in [0.717, 1.165) is 0 Å². The Labute approximate surface area is 99.3 Å². The van der Waals surface area contributed by atoms with Gasteiger partial charge in [0.1, 0.15) is 11.9 Å². The van der Waals surface area contributed by atoms with Crippen molar-refractivity contribution < 1.29 is 9.90 Å². The summed E-state index contributed by atoms with van der Waals surface area (Å²) in [5.74, 6) is -0.231. The van der Waals surface area contributed by atoms with Gasteiger partial charge in [-0.15, -0.1) is 0 Å². The molecule has 1 unspecified atom stereocenters. The Balaban J connectivity index is 2.72. The van der Waals surface area contributed by atoms with E-state index in [1.807, 2.05) is 19.9 Å². The van der Waals surface area contributed by atoms with E-state index in [1.165, 1.54) is 12.4 Å². The summed E-state index contributed by atoms with van der Waals surface area (Å²) in [6.07, 6.45) is 2.79. The van der Waals surface area contributed by atoms with Crippen molar-refractivity contribution in [1.29, 1.82) is 5.26 Å². The minimum Gasteiger partial charge on any atom is -0.481 e. The van der Waals surface area contributed by atoms with Gasteiger partial charge in [0.2, 0.25) is 0 Å². The summed E-state index contributed by atoms with van der Waals surface area (Å²) in [4.78, 5) is 18.5. The van der Waals surface area contributed by atoms with Gasteiger partial charge < -0.3 is 10.4 Å². The Kier molecular flexibility index (Phi) is 4.40. The van der Waals surface area contributed by atoms with E-state index in [2.05, 4.69) is 15.3 Å². The Morgan fingerprint density at radius 1 is 1.53 bits per heavy atom. The highest BCUT2D eigenvalue weighted by Crippen LogP contribution is 2.12. The molecule has 0 amide bonds. The molecule has 6 heteroatoms.